The normalized spacial score (nSPS) is 35.0. The summed E-state index contributed by atoms with van der Waals surface area (Å²) in [5, 5.41) is 9.32. The highest BCUT2D eigenvalue weighted by molar-refractivity contribution is 4.92. The number of rotatable bonds is 1. The average molecular weight is 142 g/mol. The summed E-state index contributed by atoms with van der Waals surface area (Å²) in [5.74, 6) is 0. The topological polar surface area (TPSA) is 29.5 Å². The van der Waals surface area contributed by atoms with Crippen molar-refractivity contribution >= 4 is 0 Å². The van der Waals surface area contributed by atoms with E-state index in [2.05, 4.69) is 0 Å². The first-order chi connectivity index (χ1) is 4.84. The minimum Gasteiger partial charge on any atom is -0.390 e. The summed E-state index contributed by atoms with van der Waals surface area (Å²) in [6.45, 7) is 2.72. The first-order valence-corrected chi connectivity index (χ1v) is 3.77. The summed E-state index contributed by atoms with van der Waals surface area (Å²) < 4.78 is 5.29. The average Bonchev–Trinajstić information content (AvgIpc) is 1.94. The number of allylic oxidation sites excluding steroid dienone is 1. The van der Waals surface area contributed by atoms with Gasteiger partial charge in [0.1, 0.15) is 6.10 Å². The van der Waals surface area contributed by atoms with E-state index in [4.69, 9.17) is 4.74 Å². The Labute approximate surface area is 61.5 Å². The summed E-state index contributed by atoms with van der Waals surface area (Å²) in [5.41, 5.74) is 0. The molecule has 0 aliphatic carbocycles. The summed E-state index contributed by atoms with van der Waals surface area (Å²) in [7, 11) is 0. The highest BCUT2D eigenvalue weighted by Gasteiger charge is 2.20. The van der Waals surface area contributed by atoms with Crippen molar-refractivity contribution in [3.63, 3.8) is 0 Å². The van der Waals surface area contributed by atoms with Gasteiger partial charge in [0.25, 0.3) is 0 Å². The van der Waals surface area contributed by atoms with Crippen LogP contribution in [0.3, 0.4) is 0 Å². The van der Waals surface area contributed by atoms with Crippen molar-refractivity contribution in [3.8, 4) is 0 Å². The first kappa shape index (κ1) is 7.76. The molecule has 0 amide bonds. The Morgan fingerprint density at radius 1 is 1.60 bits per heavy atom. The van der Waals surface area contributed by atoms with E-state index in [1.807, 2.05) is 19.1 Å². The molecule has 0 aromatic rings. The molecule has 1 aliphatic heterocycles. The summed E-state index contributed by atoms with van der Waals surface area (Å²) in [4.78, 5) is 0. The largest absolute Gasteiger partial charge is 0.390 e. The van der Waals surface area contributed by atoms with Gasteiger partial charge >= 0.3 is 0 Å². The smallest absolute Gasteiger partial charge is 0.101 e. The van der Waals surface area contributed by atoms with Gasteiger partial charge in [-0.1, -0.05) is 12.2 Å². The molecule has 1 aliphatic rings. The molecule has 0 radical (unpaired) electrons. The Kier molecular flexibility index (Phi) is 2.90. The molecule has 0 aromatic carbocycles. The van der Waals surface area contributed by atoms with E-state index < -0.39 is 0 Å². The van der Waals surface area contributed by atoms with Crippen LogP contribution in [0.5, 0.6) is 0 Å². The third-order valence-electron chi connectivity index (χ3n) is 1.72. The standard InChI is InChI=1S/C8H14O2/c1-2-4-8-7(9)5-3-6-10-8/h2,4,7-9H,3,5-6H2,1H3. The van der Waals surface area contributed by atoms with Gasteiger partial charge in [-0.3, -0.25) is 0 Å². The molecular weight excluding hydrogens is 128 g/mol. The van der Waals surface area contributed by atoms with Crippen molar-refractivity contribution in [1.29, 1.82) is 0 Å². The van der Waals surface area contributed by atoms with Gasteiger partial charge in [-0.2, -0.15) is 0 Å². The Bertz CT molecular complexity index is 120. The maximum absolute atomic E-state index is 9.32. The van der Waals surface area contributed by atoms with Crippen molar-refractivity contribution in [1.82, 2.24) is 0 Å². The fourth-order valence-electron chi connectivity index (χ4n) is 1.16. The molecule has 1 heterocycles. The summed E-state index contributed by atoms with van der Waals surface area (Å²) in [6, 6.07) is 0. The molecule has 2 atom stereocenters. The van der Waals surface area contributed by atoms with E-state index >= 15 is 0 Å². The van der Waals surface area contributed by atoms with Gasteiger partial charge in [0.2, 0.25) is 0 Å². The molecule has 1 fully saturated rings. The van der Waals surface area contributed by atoms with Crippen LogP contribution in [0.15, 0.2) is 12.2 Å². The van der Waals surface area contributed by atoms with Crippen LogP contribution in [0.4, 0.5) is 0 Å². The van der Waals surface area contributed by atoms with Gasteiger partial charge in [0, 0.05) is 6.61 Å². The van der Waals surface area contributed by atoms with Crippen LogP contribution in [0.2, 0.25) is 0 Å². The lowest BCUT2D eigenvalue weighted by Crippen LogP contribution is -2.32. The van der Waals surface area contributed by atoms with Crippen molar-refractivity contribution in [2.45, 2.75) is 32.0 Å². The zero-order valence-electron chi connectivity index (χ0n) is 6.29. The maximum Gasteiger partial charge on any atom is 0.101 e. The molecular formula is C8H14O2. The second kappa shape index (κ2) is 3.74. The number of hydrogen-bond donors (Lipinski definition) is 1. The van der Waals surface area contributed by atoms with Crippen LogP contribution in [0, 0.1) is 0 Å². The molecule has 0 saturated carbocycles. The highest BCUT2D eigenvalue weighted by atomic mass is 16.5. The molecule has 0 bridgehead atoms. The molecule has 1 N–H and O–H groups in total. The van der Waals surface area contributed by atoms with Crippen LogP contribution in [-0.2, 0) is 4.74 Å². The number of aliphatic hydroxyl groups is 1. The predicted molar refractivity (Wildman–Crippen MR) is 39.8 cm³/mol. The molecule has 2 nitrogen and oxygen atoms in total. The van der Waals surface area contributed by atoms with Gasteiger partial charge in [-0.15, -0.1) is 0 Å². The van der Waals surface area contributed by atoms with E-state index in [0.29, 0.717) is 0 Å². The van der Waals surface area contributed by atoms with E-state index in [-0.39, 0.29) is 12.2 Å². The van der Waals surface area contributed by atoms with Crippen LogP contribution < -0.4 is 0 Å². The fraction of sp³-hybridized carbons (Fsp3) is 0.750. The number of hydrogen-bond acceptors (Lipinski definition) is 2. The SMILES string of the molecule is CC=CC1OCCCC1O. The molecule has 1 saturated heterocycles. The van der Waals surface area contributed by atoms with Gasteiger partial charge in [-0.25, -0.2) is 0 Å². The summed E-state index contributed by atoms with van der Waals surface area (Å²) >= 11 is 0. The quantitative estimate of drug-likeness (QED) is 0.555. The summed E-state index contributed by atoms with van der Waals surface area (Å²) in [6.07, 6.45) is 5.33. The minimum absolute atomic E-state index is 0.0567. The number of ether oxygens (including phenoxy) is 1. The lowest BCUT2D eigenvalue weighted by atomic mass is 10.1. The van der Waals surface area contributed by atoms with Gasteiger partial charge < -0.3 is 9.84 Å². The predicted octanol–water partition coefficient (Wildman–Crippen LogP) is 1.10. The molecule has 0 aromatic heterocycles. The highest BCUT2D eigenvalue weighted by Crippen LogP contribution is 2.14. The molecule has 2 unspecified atom stereocenters. The zero-order chi connectivity index (χ0) is 7.40. The number of aliphatic hydroxyl groups excluding tert-OH is 1. The lowest BCUT2D eigenvalue weighted by Gasteiger charge is -2.25. The molecule has 10 heavy (non-hydrogen) atoms. The Morgan fingerprint density at radius 2 is 2.40 bits per heavy atom. The second-order valence-electron chi connectivity index (χ2n) is 2.57. The van der Waals surface area contributed by atoms with Crippen molar-refractivity contribution < 1.29 is 9.84 Å². The molecule has 58 valence electrons. The van der Waals surface area contributed by atoms with Gasteiger partial charge in [0.05, 0.1) is 6.10 Å². The molecule has 2 heteroatoms. The van der Waals surface area contributed by atoms with Gasteiger partial charge in [-0.05, 0) is 19.8 Å². The maximum atomic E-state index is 9.32. The second-order valence-corrected chi connectivity index (χ2v) is 2.57. The van der Waals surface area contributed by atoms with E-state index in [1.54, 1.807) is 0 Å². The monoisotopic (exact) mass is 142 g/mol. The van der Waals surface area contributed by atoms with Gasteiger partial charge in [0.15, 0.2) is 0 Å². The zero-order valence-corrected chi connectivity index (χ0v) is 6.29. The third-order valence-corrected chi connectivity index (χ3v) is 1.72. The van der Waals surface area contributed by atoms with Crippen molar-refractivity contribution in [3.05, 3.63) is 12.2 Å². The fourth-order valence-corrected chi connectivity index (χ4v) is 1.16. The van der Waals surface area contributed by atoms with E-state index in [1.165, 1.54) is 0 Å². The molecule has 0 spiro atoms. The minimum atomic E-state index is -0.287. The van der Waals surface area contributed by atoms with Crippen LogP contribution in [0.25, 0.3) is 0 Å². The van der Waals surface area contributed by atoms with E-state index in [0.717, 1.165) is 19.4 Å². The third kappa shape index (κ3) is 1.82. The van der Waals surface area contributed by atoms with Crippen LogP contribution in [-0.4, -0.2) is 23.9 Å². The van der Waals surface area contributed by atoms with E-state index in [9.17, 15) is 5.11 Å². The van der Waals surface area contributed by atoms with Crippen LogP contribution in [0.1, 0.15) is 19.8 Å². The van der Waals surface area contributed by atoms with Crippen molar-refractivity contribution in [2.75, 3.05) is 6.61 Å². The first-order valence-electron chi connectivity index (χ1n) is 3.77. The van der Waals surface area contributed by atoms with Crippen LogP contribution >= 0.6 is 0 Å². The Morgan fingerprint density at radius 3 is 3.00 bits per heavy atom. The lowest BCUT2D eigenvalue weighted by molar-refractivity contribution is -0.0483. The van der Waals surface area contributed by atoms with Crippen molar-refractivity contribution in [2.24, 2.45) is 0 Å². The Hall–Kier alpha value is -0.340. The molecule has 1 rings (SSSR count). The Balaban J connectivity index is 2.39.